The maximum atomic E-state index is 12.0. The van der Waals surface area contributed by atoms with E-state index in [-0.39, 0.29) is 23.9 Å². The van der Waals surface area contributed by atoms with Crippen LogP contribution in [-0.2, 0) is 20.7 Å². The predicted octanol–water partition coefficient (Wildman–Crippen LogP) is 2.87. The van der Waals surface area contributed by atoms with Crippen LogP contribution in [0.15, 0.2) is 24.3 Å². The van der Waals surface area contributed by atoms with Crippen LogP contribution in [0.5, 0.6) is 5.75 Å². The van der Waals surface area contributed by atoms with E-state index in [1.165, 1.54) is 7.11 Å². The molecule has 1 unspecified atom stereocenters. The van der Waals surface area contributed by atoms with Gasteiger partial charge in [-0.2, -0.15) is 0 Å². The van der Waals surface area contributed by atoms with Gasteiger partial charge in [0.2, 0.25) is 0 Å². The highest BCUT2D eigenvalue weighted by atomic mass is 16.5. The van der Waals surface area contributed by atoms with Crippen molar-refractivity contribution in [3.63, 3.8) is 0 Å². The minimum Gasteiger partial charge on any atom is -0.508 e. The number of hydrogen-bond donors (Lipinski definition) is 1. The van der Waals surface area contributed by atoms with Crippen molar-refractivity contribution in [2.75, 3.05) is 7.11 Å². The topological polar surface area (TPSA) is 63.6 Å². The van der Waals surface area contributed by atoms with E-state index in [1.54, 1.807) is 12.1 Å². The number of carbonyl (C=O) groups excluding carboxylic acids is 2. The summed E-state index contributed by atoms with van der Waals surface area (Å²) in [7, 11) is 1.29. The first-order valence-corrected chi connectivity index (χ1v) is 6.94. The highest BCUT2D eigenvalue weighted by Crippen LogP contribution is 2.19. The average molecular weight is 278 g/mol. The number of phenolic OH excluding ortho intramolecular Hbond substituents is 1. The summed E-state index contributed by atoms with van der Waals surface area (Å²) in [6, 6.07) is 6.98. The third-order valence-corrected chi connectivity index (χ3v) is 3.36. The molecule has 4 nitrogen and oxygen atoms in total. The molecule has 0 fully saturated rings. The minimum atomic E-state index is -0.472. The van der Waals surface area contributed by atoms with Gasteiger partial charge in [0.25, 0.3) is 0 Å². The quantitative estimate of drug-likeness (QED) is 0.586. The van der Waals surface area contributed by atoms with Gasteiger partial charge in [0, 0.05) is 5.92 Å². The van der Waals surface area contributed by atoms with Gasteiger partial charge in [0.1, 0.15) is 18.0 Å². The second-order valence-corrected chi connectivity index (χ2v) is 4.91. The molecule has 0 heterocycles. The molecule has 0 spiro atoms. The fraction of sp³-hybridized carbons (Fsp3) is 0.500. The molecule has 1 rings (SSSR count). The third-order valence-electron chi connectivity index (χ3n) is 3.36. The van der Waals surface area contributed by atoms with Gasteiger partial charge in [-0.05, 0) is 37.0 Å². The van der Waals surface area contributed by atoms with Gasteiger partial charge in [-0.3, -0.25) is 9.59 Å². The lowest BCUT2D eigenvalue weighted by Gasteiger charge is -2.14. The first kappa shape index (κ1) is 16.2. The van der Waals surface area contributed by atoms with Crippen LogP contribution in [0.4, 0.5) is 0 Å². The molecular formula is C16H22O4. The summed E-state index contributed by atoms with van der Waals surface area (Å²) in [4.78, 5) is 23.2. The molecule has 1 atom stereocenters. The zero-order valence-corrected chi connectivity index (χ0v) is 12.1. The number of esters is 1. The molecule has 1 N–H and O–H groups in total. The molecule has 0 radical (unpaired) electrons. The Bertz CT molecular complexity index is 436. The summed E-state index contributed by atoms with van der Waals surface area (Å²) < 4.78 is 4.54. The number of hydrogen-bond acceptors (Lipinski definition) is 4. The van der Waals surface area contributed by atoms with E-state index in [0.29, 0.717) is 6.42 Å². The first-order valence-electron chi connectivity index (χ1n) is 6.94. The van der Waals surface area contributed by atoms with Crippen LogP contribution in [-0.4, -0.2) is 24.0 Å². The van der Waals surface area contributed by atoms with Gasteiger partial charge in [-0.15, -0.1) is 0 Å². The molecule has 20 heavy (non-hydrogen) atoms. The molecule has 0 amide bonds. The molecule has 110 valence electrons. The second-order valence-electron chi connectivity index (χ2n) is 4.91. The van der Waals surface area contributed by atoms with E-state index < -0.39 is 5.97 Å². The van der Waals surface area contributed by atoms with Crippen molar-refractivity contribution in [2.45, 2.75) is 39.0 Å². The molecular weight excluding hydrogens is 256 g/mol. The van der Waals surface area contributed by atoms with Gasteiger partial charge in [0.15, 0.2) is 0 Å². The van der Waals surface area contributed by atoms with Crippen molar-refractivity contribution in [1.29, 1.82) is 0 Å². The molecule has 1 aromatic carbocycles. The Morgan fingerprint density at radius 1 is 1.20 bits per heavy atom. The van der Waals surface area contributed by atoms with E-state index in [4.69, 9.17) is 0 Å². The maximum Gasteiger partial charge on any atom is 0.313 e. The van der Waals surface area contributed by atoms with Crippen LogP contribution < -0.4 is 0 Å². The standard InChI is InChI=1S/C16H22O4/c1-3-4-13(15(18)11-16(19)20-2)8-5-12-6-9-14(17)10-7-12/h6-7,9-10,13,17H,3-5,8,11H2,1-2H3. The van der Waals surface area contributed by atoms with Crippen LogP contribution in [0.1, 0.15) is 38.2 Å². The van der Waals surface area contributed by atoms with Crippen LogP contribution in [0.25, 0.3) is 0 Å². The number of Topliss-reactive ketones (excluding diaryl/α,β-unsaturated/α-hetero) is 1. The number of ketones is 1. The molecule has 0 bridgehead atoms. The van der Waals surface area contributed by atoms with Crippen molar-refractivity contribution < 1.29 is 19.4 Å². The summed E-state index contributed by atoms with van der Waals surface area (Å²) in [5.41, 5.74) is 1.08. The van der Waals surface area contributed by atoms with E-state index >= 15 is 0 Å². The minimum absolute atomic E-state index is 0.0440. The number of rotatable bonds is 8. The second kappa shape index (κ2) is 8.35. The fourth-order valence-corrected chi connectivity index (χ4v) is 2.18. The zero-order valence-electron chi connectivity index (χ0n) is 12.1. The summed E-state index contributed by atoms with van der Waals surface area (Å²) in [5.74, 6) is -0.383. The van der Waals surface area contributed by atoms with Crippen molar-refractivity contribution in [3.8, 4) is 5.75 Å². The van der Waals surface area contributed by atoms with Crippen molar-refractivity contribution in [2.24, 2.45) is 5.92 Å². The van der Waals surface area contributed by atoms with Crippen LogP contribution in [0, 0.1) is 5.92 Å². The lowest BCUT2D eigenvalue weighted by atomic mass is 9.90. The highest BCUT2D eigenvalue weighted by molar-refractivity contribution is 5.96. The van der Waals surface area contributed by atoms with Gasteiger partial charge >= 0.3 is 5.97 Å². The van der Waals surface area contributed by atoms with Crippen molar-refractivity contribution in [3.05, 3.63) is 29.8 Å². The number of ether oxygens (including phenoxy) is 1. The average Bonchev–Trinajstić information content (AvgIpc) is 2.44. The molecule has 4 heteroatoms. The Kier molecular flexibility index (Phi) is 6.77. The first-order chi connectivity index (χ1) is 9.56. The molecule has 0 aromatic heterocycles. The predicted molar refractivity (Wildman–Crippen MR) is 76.5 cm³/mol. The normalized spacial score (nSPS) is 11.9. The Labute approximate surface area is 119 Å². The van der Waals surface area contributed by atoms with E-state index in [1.807, 2.05) is 19.1 Å². The number of methoxy groups -OCH3 is 1. The van der Waals surface area contributed by atoms with Gasteiger partial charge in [-0.25, -0.2) is 0 Å². The summed E-state index contributed by atoms with van der Waals surface area (Å²) >= 11 is 0. The Morgan fingerprint density at radius 2 is 1.85 bits per heavy atom. The molecule has 0 saturated carbocycles. The van der Waals surface area contributed by atoms with Crippen LogP contribution in [0.2, 0.25) is 0 Å². The summed E-state index contributed by atoms with van der Waals surface area (Å²) in [6.07, 6.45) is 3.03. The van der Waals surface area contributed by atoms with Gasteiger partial charge < -0.3 is 9.84 Å². The molecule has 0 aliphatic rings. The zero-order chi connectivity index (χ0) is 15.0. The Hall–Kier alpha value is -1.84. The fourth-order valence-electron chi connectivity index (χ4n) is 2.18. The van der Waals surface area contributed by atoms with Crippen molar-refractivity contribution >= 4 is 11.8 Å². The SMILES string of the molecule is CCCC(CCc1ccc(O)cc1)C(=O)CC(=O)OC. The van der Waals surface area contributed by atoms with Crippen LogP contribution >= 0.6 is 0 Å². The van der Waals surface area contributed by atoms with Gasteiger partial charge in [-0.1, -0.05) is 25.5 Å². The molecule has 0 saturated heterocycles. The molecule has 1 aromatic rings. The number of carbonyl (C=O) groups is 2. The largest absolute Gasteiger partial charge is 0.508 e. The maximum absolute atomic E-state index is 12.0. The summed E-state index contributed by atoms with van der Waals surface area (Å²) in [5, 5.41) is 9.23. The van der Waals surface area contributed by atoms with E-state index in [2.05, 4.69) is 4.74 Å². The third kappa shape index (κ3) is 5.43. The number of aryl methyl sites for hydroxylation is 1. The lowest BCUT2D eigenvalue weighted by Crippen LogP contribution is -2.19. The Morgan fingerprint density at radius 3 is 2.40 bits per heavy atom. The van der Waals surface area contributed by atoms with Crippen molar-refractivity contribution in [1.82, 2.24) is 0 Å². The summed E-state index contributed by atoms with van der Waals surface area (Å²) in [6.45, 7) is 2.03. The smallest absolute Gasteiger partial charge is 0.313 e. The number of phenols is 1. The van der Waals surface area contributed by atoms with E-state index in [0.717, 1.165) is 24.8 Å². The highest BCUT2D eigenvalue weighted by Gasteiger charge is 2.20. The molecule has 0 aliphatic heterocycles. The lowest BCUT2D eigenvalue weighted by molar-refractivity contribution is -0.144. The molecule has 0 aliphatic carbocycles. The monoisotopic (exact) mass is 278 g/mol. The van der Waals surface area contributed by atoms with Crippen LogP contribution in [0.3, 0.4) is 0 Å². The van der Waals surface area contributed by atoms with Gasteiger partial charge in [0.05, 0.1) is 7.11 Å². The number of aromatic hydroxyl groups is 1. The number of benzene rings is 1. The Balaban J connectivity index is 2.55. The van der Waals surface area contributed by atoms with E-state index in [9.17, 15) is 14.7 Å².